The molecule has 2 N–H and O–H groups in total. The number of benzene rings is 2. The van der Waals surface area contributed by atoms with Crippen LogP contribution in [0, 0.1) is 3.57 Å². The third-order valence-corrected chi connectivity index (χ3v) is 3.60. The van der Waals surface area contributed by atoms with E-state index >= 15 is 0 Å². The van der Waals surface area contributed by atoms with Gasteiger partial charge in [-0.3, -0.25) is 4.79 Å². The normalized spacial score (nSPS) is 10.3. The maximum Gasteiger partial charge on any atom is 0.259 e. The van der Waals surface area contributed by atoms with Crippen LogP contribution in [0.1, 0.15) is 10.4 Å². The van der Waals surface area contributed by atoms with E-state index < -0.39 is 5.91 Å². The van der Waals surface area contributed by atoms with Crippen molar-refractivity contribution in [3.63, 3.8) is 0 Å². The lowest BCUT2D eigenvalue weighted by Crippen LogP contribution is -2.12. The first-order chi connectivity index (χ1) is 8.97. The van der Waals surface area contributed by atoms with Crippen LogP contribution in [0.5, 0.6) is 5.75 Å². The Morgan fingerprint density at radius 1 is 1.16 bits per heavy atom. The fourth-order valence-electron chi connectivity index (χ4n) is 1.48. The average Bonchev–Trinajstić information content (AvgIpc) is 2.32. The van der Waals surface area contributed by atoms with Crippen molar-refractivity contribution in [2.24, 2.45) is 0 Å². The van der Waals surface area contributed by atoms with Crippen LogP contribution in [-0.2, 0) is 0 Å². The van der Waals surface area contributed by atoms with E-state index in [0.29, 0.717) is 15.7 Å². The molecule has 0 aliphatic carbocycles. The number of aromatic hydroxyl groups is 1. The van der Waals surface area contributed by atoms with Gasteiger partial charge in [-0.2, -0.15) is 0 Å². The van der Waals surface area contributed by atoms with Gasteiger partial charge in [0.15, 0.2) is 0 Å². The number of carbonyl (C=O) groups is 1. The number of carbonyl (C=O) groups excluding carboxylic acids is 1. The molecule has 0 heterocycles. The summed E-state index contributed by atoms with van der Waals surface area (Å²) in [5, 5.41) is 13.1. The highest BCUT2D eigenvalue weighted by Gasteiger charge is 2.13. The van der Waals surface area contributed by atoms with Gasteiger partial charge >= 0.3 is 0 Å². The van der Waals surface area contributed by atoms with Gasteiger partial charge in [0.25, 0.3) is 5.91 Å². The third kappa shape index (κ3) is 3.52. The first kappa shape index (κ1) is 14.4. The van der Waals surface area contributed by atoms with Crippen LogP contribution >= 0.6 is 45.8 Å². The van der Waals surface area contributed by atoms with E-state index in [1.807, 2.05) is 6.07 Å². The van der Waals surface area contributed by atoms with Gasteiger partial charge in [-0.25, -0.2) is 0 Å². The lowest BCUT2D eigenvalue weighted by atomic mass is 10.2. The second-order valence-electron chi connectivity index (χ2n) is 3.74. The lowest BCUT2D eigenvalue weighted by molar-refractivity contribution is 0.102. The summed E-state index contributed by atoms with van der Waals surface area (Å²) in [6.07, 6.45) is 0. The van der Waals surface area contributed by atoms with Crippen molar-refractivity contribution >= 4 is 57.4 Å². The number of nitrogens with one attached hydrogen (secondary N) is 1. The summed E-state index contributed by atoms with van der Waals surface area (Å²) in [6, 6.07) is 9.56. The maximum atomic E-state index is 12.0. The SMILES string of the molecule is O=C(Nc1ccc(I)cc1Cl)c1ccc(Cl)cc1O. The Labute approximate surface area is 133 Å². The zero-order valence-corrected chi connectivity index (χ0v) is 13.1. The molecule has 0 radical (unpaired) electrons. The Bertz CT molecular complexity index is 647. The fraction of sp³-hybridized carbons (Fsp3) is 0. The van der Waals surface area contributed by atoms with Gasteiger partial charge in [0, 0.05) is 8.59 Å². The molecule has 0 spiro atoms. The number of hydrogen-bond donors (Lipinski definition) is 2. The van der Waals surface area contributed by atoms with Gasteiger partial charge in [-0.15, -0.1) is 0 Å². The number of halogens is 3. The number of anilines is 1. The Kier molecular flexibility index (Phi) is 4.54. The molecule has 0 aromatic heterocycles. The zero-order chi connectivity index (χ0) is 14.0. The van der Waals surface area contributed by atoms with E-state index in [-0.39, 0.29) is 11.3 Å². The lowest BCUT2D eigenvalue weighted by Gasteiger charge is -2.09. The quantitative estimate of drug-likeness (QED) is 0.717. The molecule has 2 rings (SSSR count). The molecule has 2 aromatic carbocycles. The van der Waals surface area contributed by atoms with Crippen LogP contribution in [0.3, 0.4) is 0 Å². The van der Waals surface area contributed by atoms with E-state index in [1.54, 1.807) is 12.1 Å². The zero-order valence-electron chi connectivity index (χ0n) is 9.45. The molecule has 0 aliphatic rings. The second kappa shape index (κ2) is 5.98. The highest BCUT2D eigenvalue weighted by molar-refractivity contribution is 14.1. The molecule has 0 saturated carbocycles. The van der Waals surface area contributed by atoms with Gasteiger partial charge in [0.05, 0.1) is 16.3 Å². The molecule has 0 bridgehead atoms. The molecule has 0 atom stereocenters. The molecule has 2 aromatic rings. The molecule has 0 saturated heterocycles. The third-order valence-electron chi connectivity index (χ3n) is 2.38. The topological polar surface area (TPSA) is 49.3 Å². The summed E-state index contributed by atoms with van der Waals surface area (Å²) in [5.41, 5.74) is 0.625. The minimum Gasteiger partial charge on any atom is -0.507 e. The Morgan fingerprint density at radius 3 is 2.53 bits per heavy atom. The van der Waals surface area contributed by atoms with E-state index in [1.165, 1.54) is 18.2 Å². The van der Waals surface area contributed by atoms with Crippen LogP contribution in [0.15, 0.2) is 36.4 Å². The average molecular weight is 408 g/mol. The summed E-state index contributed by atoms with van der Waals surface area (Å²) in [7, 11) is 0. The van der Waals surface area contributed by atoms with Crippen molar-refractivity contribution in [3.05, 3.63) is 55.6 Å². The highest BCUT2D eigenvalue weighted by atomic mass is 127. The smallest absolute Gasteiger partial charge is 0.259 e. The molecule has 0 fully saturated rings. The predicted molar refractivity (Wildman–Crippen MR) is 85.2 cm³/mol. The van der Waals surface area contributed by atoms with Crippen molar-refractivity contribution in [2.75, 3.05) is 5.32 Å². The summed E-state index contributed by atoms with van der Waals surface area (Å²) in [5.74, 6) is -0.621. The molecule has 98 valence electrons. The highest BCUT2D eigenvalue weighted by Crippen LogP contribution is 2.26. The van der Waals surface area contributed by atoms with Crippen LogP contribution in [0.2, 0.25) is 10.0 Å². The fourth-order valence-corrected chi connectivity index (χ4v) is 2.55. The number of phenols is 1. The molecule has 6 heteroatoms. The van der Waals surface area contributed by atoms with Crippen molar-refractivity contribution in [1.29, 1.82) is 0 Å². The van der Waals surface area contributed by atoms with Crippen molar-refractivity contribution in [3.8, 4) is 5.75 Å². The summed E-state index contributed by atoms with van der Waals surface area (Å²) < 4.78 is 0.968. The molecule has 19 heavy (non-hydrogen) atoms. The molecule has 1 amide bonds. The summed E-state index contributed by atoms with van der Waals surface area (Å²) >= 11 is 13.9. The Morgan fingerprint density at radius 2 is 1.89 bits per heavy atom. The van der Waals surface area contributed by atoms with E-state index in [9.17, 15) is 9.90 Å². The van der Waals surface area contributed by atoms with Gasteiger partial charge in [-0.05, 0) is 59.0 Å². The molecule has 0 aliphatic heterocycles. The van der Waals surface area contributed by atoms with Crippen LogP contribution in [0.4, 0.5) is 5.69 Å². The monoisotopic (exact) mass is 407 g/mol. The van der Waals surface area contributed by atoms with Gasteiger partial charge in [0.1, 0.15) is 5.75 Å². The van der Waals surface area contributed by atoms with Crippen molar-refractivity contribution < 1.29 is 9.90 Å². The van der Waals surface area contributed by atoms with Crippen molar-refractivity contribution in [1.82, 2.24) is 0 Å². The molecular weight excluding hydrogens is 400 g/mol. The largest absolute Gasteiger partial charge is 0.507 e. The van der Waals surface area contributed by atoms with E-state index in [0.717, 1.165) is 3.57 Å². The maximum absolute atomic E-state index is 12.0. The summed E-state index contributed by atoms with van der Waals surface area (Å²) in [6.45, 7) is 0. The first-order valence-electron chi connectivity index (χ1n) is 5.22. The van der Waals surface area contributed by atoms with Crippen LogP contribution in [-0.4, -0.2) is 11.0 Å². The number of rotatable bonds is 2. The summed E-state index contributed by atoms with van der Waals surface area (Å²) in [4.78, 5) is 12.0. The minimum absolute atomic E-state index is 0.138. The first-order valence-corrected chi connectivity index (χ1v) is 7.06. The van der Waals surface area contributed by atoms with Gasteiger partial charge in [0.2, 0.25) is 0 Å². The molecular formula is C13H8Cl2INO2. The Balaban J connectivity index is 2.25. The van der Waals surface area contributed by atoms with E-state index in [4.69, 9.17) is 23.2 Å². The minimum atomic E-state index is -0.447. The van der Waals surface area contributed by atoms with Crippen LogP contribution < -0.4 is 5.32 Å². The van der Waals surface area contributed by atoms with Gasteiger partial charge in [-0.1, -0.05) is 23.2 Å². The second-order valence-corrected chi connectivity index (χ2v) is 5.83. The molecule has 3 nitrogen and oxygen atoms in total. The van der Waals surface area contributed by atoms with Crippen LogP contribution in [0.25, 0.3) is 0 Å². The molecule has 0 unspecified atom stereocenters. The Hall–Kier alpha value is -0.980. The number of amides is 1. The van der Waals surface area contributed by atoms with E-state index in [2.05, 4.69) is 27.9 Å². The number of phenolic OH excluding ortho intramolecular Hbond substituents is 1. The number of hydrogen-bond acceptors (Lipinski definition) is 2. The van der Waals surface area contributed by atoms with Gasteiger partial charge < -0.3 is 10.4 Å². The predicted octanol–water partition coefficient (Wildman–Crippen LogP) is 4.56. The standard InChI is InChI=1S/C13H8Cl2INO2/c14-7-1-3-9(12(18)5-7)13(19)17-11-4-2-8(16)6-10(11)15/h1-6,18H,(H,17,19). The van der Waals surface area contributed by atoms with Crippen molar-refractivity contribution in [2.45, 2.75) is 0 Å².